The highest BCUT2D eigenvalue weighted by molar-refractivity contribution is 7.99. The normalized spacial score (nSPS) is 10.1. The Hall–Kier alpha value is -2.34. The zero-order valence-electron chi connectivity index (χ0n) is 11.2. The highest BCUT2D eigenvalue weighted by Crippen LogP contribution is 2.22. The monoisotopic (exact) mass is 302 g/mol. The van der Waals surface area contributed by atoms with Crippen LogP contribution in [0.3, 0.4) is 0 Å². The van der Waals surface area contributed by atoms with Crippen LogP contribution in [0.5, 0.6) is 0 Å². The van der Waals surface area contributed by atoms with Crippen molar-refractivity contribution in [2.75, 3.05) is 11.1 Å². The molecule has 108 valence electrons. The topological polar surface area (TPSA) is 72.2 Å². The summed E-state index contributed by atoms with van der Waals surface area (Å²) in [6, 6.07) is 15.6. The number of benzene rings is 2. The van der Waals surface area contributed by atoms with Crippen molar-refractivity contribution in [3.63, 3.8) is 0 Å². The van der Waals surface area contributed by atoms with E-state index in [1.54, 1.807) is 12.1 Å². The van der Waals surface area contributed by atoms with Gasteiger partial charge in [-0.2, -0.15) is 0 Å². The summed E-state index contributed by atoms with van der Waals surface area (Å²) < 4.78 is 0. The van der Waals surface area contributed by atoms with E-state index in [9.17, 15) is 14.9 Å². The highest BCUT2D eigenvalue weighted by Gasteiger charge is 2.05. The molecule has 0 aromatic heterocycles. The van der Waals surface area contributed by atoms with E-state index in [0.29, 0.717) is 12.2 Å². The summed E-state index contributed by atoms with van der Waals surface area (Å²) in [5.41, 5.74) is 0.851. The number of hydrogen-bond donors (Lipinski definition) is 1. The van der Waals surface area contributed by atoms with Gasteiger partial charge < -0.3 is 5.32 Å². The lowest BCUT2D eigenvalue weighted by atomic mass is 10.3. The van der Waals surface area contributed by atoms with Crippen LogP contribution in [0.15, 0.2) is 59.5 Å². The third-order valence-corrected chi connectivity index (χ3v) is 3.72. The Morgan fingerprint density at radius 1 is 1.10 bits per heavy atom. The molecule has 0 aliphatic heterocycles. The minimum atomic E-state index is -0.429. The number of hydrogen-bond acceptors (Lipinski definition) is 4. The second-order valence-electron chi connectivity index (χ2n) is 4.26. The molecule has 2 aromatic rings. The fourth-order valence-corrected chi connectivity index (χ4v) is 2.52. The minimum Gasteiger partial charge on any atom is -0.326 e. The summed E-state index contributed by atoms with van der Waals surface area (Å²) in [7, 11) is 0. The van der Waals surface area contributed by atoms with E-state index in [4.69, 9.17) is 0 Å². The average molecular weight is 302 g/mol. The van der Waals surface area contributed by atoms with Crippen LogP contribution in [0, 0.1) is 10.1 Å². The number of carbonyl (C=O) groups excluding carboxylic acids is 1. The van der Waals surface area contributed by atoms with Crippen molar-refractivity contribution >= 4 is 29.0 Å². The van der Waals surface area contributed by atoms with E-state index in [2.05, 4.69) is 5.32 Å². The zero-order valence-corrected chi connectivity index (χ0v) is 12.0. The average Bonchev–Trinajstić information content (AvgIpc) is 2.49. The lowest BCUT2D eigenvalue weighted by Gasteiger charge is -2.04. The lowest BCUT2D eigenvalue weighted by Crippen LogP contribution is -2.11. The molecule has 0 bridgehead atoms. The van der Waals surface area contributed by atoms with Crippen LogP contribution >= 0.6 is 11.8 Å². The number of amides is 1. The molecule has 0 saturated carbocycles. The predicted octanol–water partition coefficient (Wildman–Crippen LogP) is 3.72. The standard InChI is InChI=1S/C15H14N2O3S/c18-15(16-12-4-2-1-3-5-12)10-11-21-14-8-6-13(7-9-14)17(19)20/h1-9H,10-11H2,(H,16,18). The molecule has 1 N–H and O–H groups in total. The summed E-state index contributed by atoms with van der Waals surface area (Å²) in [6.45, 7) is 0. The van der Waals surface area contributed by atoms with Gasteiger partial charge in [0.15, 0.2) is 0 Å². The fraction of sp³-hybridized carbons (Fsp3) is 0.133. The third-order valence-electron chi connectivity index (χ3n) is 2.70. The second-order valence-corrected chi connectivity index (χ2v) is 5.43. The van der Waals surface area contributed by atoms with Crippen molar-refractivity contribution in [3.05, 3.63) is 64.7 Å². The maximum absolute atomic E-state index is 11.7. The van der Waals surface area contributed by atoms with E-state index < -0.39 is 4.92 Å². The molecule has 0 atom stereocenters. The van der Waals surface area contributed by atoms with Crippen molar-refractivity contribution < 1.29 is 9.72 Å². The molecule has 0 saturated heterocycles. The molecule has 21 heavy (non-hydrogen) atoms. The molecule has 0 aliphatic rings. The van der Waals surface area contributed by atoms with Crippen molar-refractivity contribution in [2.24, 2.45) is 0 Å². The number of anilines is 1. The van der Waals surface area contributed by atoms with Gasteiger partial charge in [0.25, 0.3) is 5.69 Å². The number of non-ortho nitro benzene ring substituents is 1. The molecule has 1 amide bonds. The molecule has 5 nitrogen and oxygen atoms in total. The molecule has 0 radical (unpaired) electrons. The van der Waals surface area contributed by atoms with Crippen molar-refractivity contribution in [1.82, 2.24) is 0 Å². The van der Waals surface area contributed by atoms with Gasteiger partial charge in [-0.25, -0.2) is 0 Å². The van der Waals surface area contributed by atoms with E-state index in [1.807, 2.05) is 30.3 Å². The molecule has 2 rings (SSSR count). The van der Waals surface area contributed by atoms with Gasteiger partial charge in [0.05, 0.1) is 4.92 Å². The Morgan fingerprint density at radius 3 is 2.38 bits per heavy atom. The lowest BCUT2D eigenvalue weighted by molar-refractivity contribution is -0.384. The molecule has 0 unspecified atom stereocenters. The van der Waals surface area contributed by atoms with Crippen molar-refractivity contribution in [3.8, 4) is 0 Å². The first-order chi connectivity index (χ1) is 10.1. The number of carbonyl (C=O) groups is 1. The van der Waals surface area contributed by atoms with Crippen LogP contribution in [0.2, 0.25) is 0 Å². The molecular weight excluding hydrogens is 288 g/mol. The number of rotatable bonds is 6. The summed E-state index contributed by atoms with van der Waals surface area (Å²) >= 11 is 1.50. The summed E-state index contributed by atoms with van der Waals surface area (Å²) in [6.07, 6.45) is 0.385. The van der Waals surface area contributed by atoms with Gasteiger partial charge in [-0.3, -0.25) is 14.9 Å². The Labute approximate surface area is 126 Å². The van der Waals surface area contributed by atoms with Gasteiger partial charge >= 0.3 is 0 Å². The first kappa shape index (κ1) is 15.1. The first-order valence-electron chi connectivity index (χ1n) is 6.37. The fourth-order valence-electron chi connectivity index (χ4n) is 1.67. The quantitative estimate of drug-likeness (QED) is 0.501. The Balaban J connectivity index is 1.76. The third kappa shape index (κ3) is 4.92. The van der Waals surface area contributed by atoms with E-state index >= 15 is 0 Å². The summed E-state index contributed by atoms with van der Waals surface area (Å²) in [5, 5.41) is 13.3. The van der Waals surface area contributed by atoms with Gasteiger partial charge in [-0.05, 0) is 24.3 Å². The van der Waals surface area contributed by atoms with E-state index in [1.165, 1.54) is 23.9 Å². The van der Waals surface area contributed by atoms with Crippen molar-refractivity contribution in [2.45, 2.75) is 11.3 Å². The number of thioether (sulfide) groups is 1. The molecular formula is C15H14N2O3S. The smallest absolute Gasteiger partial charge is 0.269 e. The van der Waals surface area contributed by atoms with Crippen LogP contribution in [-0.4, -0.2) is 16.6 Å². The van der Waals surface area contributed by atoms with E-state index in [0.717, 1.165) is 10.6 Å². The molecule has 6 heteroatoms. The zero-order chi connectivity index (χ0) is 15.1. The maximum atomic E-state index is 11.7. The number of nitro groups is 1. The van der Waals surface area contributed by atoms with Crippen LogP contribution < -0.4 is 5.32 Å². The number of para-hydroxylation sites is 1. The first-order valence-corrected chi connectivity index (χ1v) is 7.36. The summed E-state index contributed by atoms with van der Waals surface area (Å²) in [4.78, 5) is 22.7. The Morgan fingerprint density at radius 2 is 1.76 bits per heavy atom. The molecule has 0 fully saturated rings. The van der Waals surface area contributed by atoms with E-state index in [-0.39, 0.29) is 11.6 Å². The van der Waals surface area contributed by atoms with Crippen LogP contribution in [0.4, 0.5) is 11.4 Å². The maximum Gasteiger partial charge on any atom is 0.269 e. The Kier molecular flexibility index (Phi) is 5.34. The molecule has 2 aromatic carbocycles. The molecule has 0 heterocycles. The molecule has 0 spiro atoms. The number of nitrogens with one attached hydrogen (secondary N) is 1. The number of nitro benzene ring substituents is 1. The predicted molar refractivity (Wildman–Crippen MR) is 83.5 cm³/mol. The van der Waals surface area contributed by atoms with Gasteiger partial charge in [-0.15, -0.1) is 11.8 Å². The second kappa shape index (κ2) is 7.44. The Bertz CT molecular complexity index is 615. The number of nitrogens with zero attached hydrogens (tertiary/aromatic N) is 1. The summed E-state index contributed by atoms with van der Waals surface area (Å²) in [5.74, 6) is 0.576. The van der Waals surface area contributed by atoms with Crippen LogP contribution in [0.1, 0.15) is 6.42 Å². The van der Waals surface area contributed by atoms with Crippen LogP contribution in [-0.2, 0) is 4.79 Å². The van der Waals surface area contributed by atoms with Gasteiger partial charge in [0.2, 0.25) is 5.91 Å². The SMILES string of the molecule is O=C(CCSc1ccc([N+](=O)[O-])cc1)Nc1ccccc1. The highest BCUT2D eigenvalue weighted by atomic mass is 32.2. The van der Waals surface area contributed by atoms with Crippen LogP contribution in [0.25, 0.3) is 0 Å². The van der Waals surface area contributed by atoms with Gasteiger partial charge in [0.1, 0.15) is 0 Å². The van der Waals surface area contributed by atoms with Gasteiger partial charge in [-0.1, -0.05) is 18.2 Å². The largest absolute Gasteiger partial charge is 0.326 e. The van der Waals surface area contributed by atoms with Gasteiger partial charge in [0, 0.05) is 34.9 Å². The van der Waals surface area contributed by atoms with Crippen molar-refractivity contribution in [1.29, 1.82) is 0 Å². The molecule has 0 aliphatic carbocycles. The minimum absolute atomic E-state index is 0.0457.